The molecule has 0 radical (unpaired) electrons. The van der Waals surface area contributed by atoms with Crippen LogP contribution >= 0.6 is 9.03 Å². The quantitative estimate of drug-likeness (QED) is 0.120. The highest BCUT2D eigenvalue weighted by Gasteiger charge is 2.38. The number of ether oxygens (including phenoxy) is 1. The number of carbonyl (C=O) groups excluding carboxylic acids is 1. The Morgan fingerprint density at radius 1 is 0.518 bits per heavy atom. The molecule has 4 aromatic rings. The third-order valence-corrected chi connectivity index (χ3v) is 11.5. The third-order valence-electron chi connectivity index (χ3n) is 11.0. The minimum atomic E-state index is -0.644. The van der Waals surface area contributed by atoms with E-state index in [2.05, 4.69) is 167 Å². The molecular formula is C50H67O5P. The maximum atomic E-state index is 13.8. The van der Waals surface area contributed by atoms with E-state index in [1.165, 1.54) is 0 Å². The second-order valence-electron chi connectivity index (χ2n) is 22.0. The summed E-state index contributed by atoms with van der Waals surface area (Å²) >= 11 is 0. The van der Waals surface area contributed by atoms with Crippen molar-refractivity contribution in [2.45, 2.75) is 163 Å². The second kappa shape index (κ2) is 14.5. The molecule has 2 atom stereocenters. The van der Waals surface area contributed by atoms with E-state index in [-0.39, 0.29) is 44.2 Å². The summed E-state index contributed by atoms with van der Waals surface area (Å²) in [4.78, 5) is 13.8. The van der Waals surface area contributed by atoms with E-state index in [0.717, 1.165) is 55.6 Å². The van der Waals surface area contributed by atoms with Crippen molar-refractivity contribution in [1.82, 2.24) is 0 Å². The summed E-state index contributed by atoms with van der Waals surface area (Å²) in [5, 5.41) is 12.2. The van der Waals surface area contributed by atoms with Gasteiger partial charge in [0.15, 0.2) is 0 Å². The molecule has 1 N–H and O–H groups in total. The highest BCUT2D eigenvalue weighted by atomic mass is 31.1. The van der Waals surface area contributed by atoms with Crippen LogP contribution in [-0.2, 0) is 37.3 Å². The van der Waals surface area contributed by atoms with Crippen LogP contribution in [0.5, 0.6) is 23.0 Å². The van der Waals surface area contributed by atoms with E-state index in [4.69, 9.17) is 13.8 Å². The summed E-state index contributed by atoms with van der Waals surface area (Å²) in [5.41, 5.74) is 8.42. The standard InChI is InChI=1S/C50H67O5P/c1-45(2,3)29-19-21-39-35(23-29)41(44(52)53-39)36-24-30(46(4,5)6)20-22-40(36)54-56-55-43-34(26-32(48(10,11)12)28-38(43)50(16,17)18)33-25-31(47(7,8)9)27-37(42(33)51)49(13,14)15/h19-28,41,51,56H,1-18H3. The lowest BCUT2D eigenvalue weighted by Crippen LogP contribution is -2.19. The molecule has 5 rings (SSSR count). The smallest absolute Gasteiger partial charge is 0.323 e. The minimum absolute atomic E-state index is 0.105. The van der Waals surface area contributed by atoms with Crippen molar-refractivity contribution < 1.29 is 23.7 Å². The zero-order valence-electron chi connectivity index (χ0n) is 37.4. The van der Waals surface area contributed by atoms with E-state index >= 15 is 0 Å². The molecule has 6 heteroatoms. The van der Waals surface area contributed by atoms with Crippen molar-refractivity contribution in [2.75, 3.05) is 0 Å². The van der Waals surface area contributed by atoms with Crippen LogP contribution in [0.15, 0.2) is 60.7 Å². The number of carbonyl (C=O) groups is 1. The van der Waals surface area contributed by atoms with Gasteiger partial charge in [-0.2, -0.15) is 0 Å². The Morgan fingerprint density at radius 3 is 1.48 bits per heavy atom. The monoisotopic (exact) mass is 778 g/mol. The third kappa shape index (κ3) is 8.99. The van der Waals surface area contributed by atoms with E-state index in [9.17, 15) is 9.90 Å². The summed E-state index contributed by atoms with van der Waals surface area (Å²) < 4.78 is 19.4. The molecule has 2 unspecified atom stereocenters. The molecule has 0 amide bonds. The Hall–Kier alpha value is -3.82. The Kier molecular flexibility index (Phi) is 11.2. The molecule has 1 aliphatic heterocycles. The first-order valence-electron chi connectivity index (χ1n) is 20.1. The normalized spacial score (nSPS) is 15.7. The Balaban J connectivity index is 1.69. The fourth-order valence-corrected chi connectivity index (χ4v) is 7.76. The molecule has 0 bridgehead atoms. The maximum absolute atomic E-state index is 13.8. The predicted molar refractivity (Wildman–Crippen MR) is 236 cm³/mol. The van der Waals surface area contributed by atoms with E-state index in [1.807, 2.05) is 18.2 Å². The van der Waals surface area contributed by atoms with Gasteiger partial charge in [-0.15, -0.1) is 0 Å². The van der Waals surface area contributed by atoms with Gasteiger partial charge in [-0.05, 0) is 79.0 Å². The second-order valence-corrected chi connectivity index (χ2v) is 22.5. The fraction of sp³-hybridized carbons (Fsp3) is 0.500. The summed E-state index contributed by atoms with van der Waals surface area (Å²) in [6.45, 7) is 39.3. The molecule has 0 saturated heterocycles. The van der Waals surface area contributed by atoms with Gasteiger partial charge in [0.25, 0.3) is 9.03 Å². The fourth-order valence-electron chi connectivity index (χ4n) is 7.14. The number of benzene rings is 4. The molecule has 0 fully saturated rings. The Labute approximate surface area is 339 Å². The first-order chi connectivity index (χ1) is 25.4. The van der Waals surface area contributed by atoms with Crippen molar-refractivity contribution in [3.63, 3.8) is 0 Å². The van der Waals surface area contributed by atoms with E-state index < -0.39 is 15.0 Å². The number of phenols is 1. The number of esters is 1. The number of phenolic OH excluding ortho intramolecular Hbond substituents is 1. The van der Waals surface area contributed by atoms with Crippen molar-refractivity contribution in [3.05, 3.63) is 105 Å². The average Bonchev–Trinajstić information content (AvgIpc) is 3.36. The maximum Gasteiger partial charge on any atom is 0.323 e. The molecule has 5 nitrogen and oxygen atoms in total. The van der Waals surface area contributed by atoms with Gasteiger partial charge < -0.3 is 18.9 Å². The van der Waals surface area contributed by atoms with Crippen molar-refractivity contribution in [2.24, 2.45) is 0 Å². The van der Waals surface area contributed by atoms with E-state index in [0.29, 0.717) is 17.2 Å². The van der Waals surface area contributed by atoms with Gasteiger partial charge in [0.05, 0.1) is 0 Å². The number of rotatable bonds is 6. The van der Waals surface area contributed by atoms with Gasteiger partial charge in [0.1, 0.15) is 28.9 Å². The Morgan fingerprint density at radius 2 is 0.982 bits per heavy atom. The summed E-state index contributed by atoms with van der Waals surface area (Å²) in [7, 11) is -0.448. The SMILES string of the molecule is CC(C)(C)c1ccc(OPOc2c(-c3cc(C(C)(C)C)cc(C(C)(C)C)c3O)cc(C(C)(C)C)cc2C(C)(C)C)c(C2C(=O)Oc3ccc(C(C)(C)C)cc32)c1. The van der Waals surface area contributed by atoms with Gasteiger partial charge in [-0.25, -0.2) is 0 Å². The number of hydrogen-bond donors (Lipinski definition) is 1. The van der Waals surface area contributed by atoms with Crippen LogP contribution in [0, 0.1) is 0 Å². The molecule has 1 aliphatic rings. The molecule has 4 aromatic carbocycles. The summed E-state index contributed by atoms with van der Waals surface area (Å²) in [6, 6.07) is 20.9. The zero-order valence-corrected chi connectivity index (χ0v) is 38.4. The molecule has 0 aromatic heterocycles. The first kappa shape index (κ1) is 43.3. The lowest BCUT2D eigenvalue weighted by Gasteiger charge is -2.31. The summed E-state index contributed by atoms with van der Waals surface area (Å²) in [6.07, 6.45) is 0. The van der Waals surface area contributed by atoms with E-state index in [1.54, 1.807) is 0 Å². The minimum Gasteiger partial charge on any atom is -0.507 e. The molecular weight excluding hydrogens is 712 g/mol. The van der Waals surface area contributed by atoms with Crippen LogP contribution in [0.25, 0.3) is 11.1 Å². The van der Waals surface area contributed by atoms with Crippen molar-refractivity contribution in [3.8, 4) is 34.1 Å². The molecule has 0 saturated carbocycles. The van der Waals surface area contributed by atoms with Gasteiger partial charge in [-0.1, -0.05) is 161 Å². The van der Waals surface area contributed by atoms with Crippen LogP contribution in [0.2, 0.25) is 0 Å². The number of fused-ring (bicyclic) bond motifs is 1. The van der Waals surface area contributed by atoms with Crippen molar-refractivity contribution in [1.29, 1.82) is 0 Å². The molecule has 0 spiro atoms. The van der Waals surface area contributed by atoms with Gasteiger partial charge in [0, 0.05) is 33.4 Å². The largest absolute Gasteiger partial charge is 0.507 e. The zero-order chi connectivity index (χ0) is 42.1. The highest BCUT2D eigenvalue weighted by molar-refractivity contribution is 7.27. The highest BCUT2D eigenvalue weighted by Crippen LogP contribution is 2.51. The van der Waals surface area contributed by atoms with Crippen LogP contribution < -0.4 is 13.8 Å². The van der Waals surface area contributed by atoms with Crippen LogP contribution in [0.4, 0.5) is 0 Å². The lowest BCUT2D eigenvalue weighted by atomic mass is 9.75. The van der Waals surface area contributed by atoms with Crippen LogP contribution in [-0.4, -0.2) is 11.1 Å². The number of hydrogen-bond acceptors (Lipinski definition) is 5. The van der Waals surface area contributed by atoms with Gasteiger partial charge in [0.2, 0.25) is 0 Å². The molecule has 1 heterocycles. The number of aromatic hydroxyl groups is 1. The summed E-state index contributed by atoms with van der Waals surface area (Å²) in [5.74, 6) is 1.14. The molecule has 56 heavy (non-hydrogen) atoms. The molecule has 302 valence electrons. The lowest BCUT2D eigenvalue weighted by molar-refractivity contribution is -0.133. The predicted octanol–water partition coefficient (Wildman–Crippen LogP) is 13.9. The van der Waals surface area contributed by atoms with Crippen LogP contribution in [0.1, 0.15) is 175 Å². The first-order valence-corrected chi connectivity index (χ1v) is 20.9. The molecule has 0 aliphatic carbocycles. The van der Waals surface area contributed by atoms with Gasteiger partial charge >= 0.3 is 5.97 Å². The topological polar surface area (TPSA) is 65.0 Å². The van der Waals surface area contributed by atoms with Crippen molar-refractivity contribution >= 4 is 15.0 Å². The average molecular weight is 779 g/mol. The Bertz CT molecular complexity index is 2130. The van der Waals surface area contributed by atoms with Gasteiger partial charge in [-0.3, -0.25) is 4.79 Å². The van der Waals surface area contributed by atoms with Crippen LogP contribution in [0.3, 0.4) is 0 Å².